The summed E-state index contributed by atoms with van der Waals surface area (Å²) in [5.41, 5.74) is 30.4. The Kier molecular flexibility index (Phi) is 52.5. The summed E-state index contributed by atoms with van der Waals surface area (Å²) in [6, 6.07) is 39.4. The highest BCUT2D eigenvalue weighted by atomic mass is 14.3. The van der Waals surface area contributed by atoms with Gasteiger partial charge in [-0.05, 0) is 340 Å². The second kappa shape index (κ2) is 55.8. The average molecular weight is 1530 g/mol. The second-order valence-corrected chi connectivity index (χ2v) is 43.2. The summed E-state index contributed by atoms with van der Waals surface area (Å²) in [7, 11) is 0. The van der Waals surface area contributed by atoms with Gasteiger partial charge in [-0.25, -0.2) is 0 Å². The highest BCUT2D eigenvalue weighted by molar-refractivity contribution is 5.54. The van der Waals surface area contributed by atoms with E-state index in [2.05, 4.69) is 366 Å². The van der Waals surface area contributed by atoms with Crippen molar-refractivity contribution in [2.24, 2.45) is 112 Å². The summed E-state index contributed by atoms with van der Waals surface area (Å²) in [5, 5.41) is 0. The van der Waals surface area contributed by atoms with Crippen LogP contribution in [-0.4, -0.2) is 0 Å². The van der Waals surface area contributed by atoms with Crippen molar-refractivity contribution in [3.05, 3.63) is 209 Å². The molecule has 0 amide bonds. The van der Waals surface area contributed by atoms with Crippen LogP contribution in [0.1, 0.15) is 369 Å². The maximum atomic E-state index is 2.55. The molecule has 636 valence electrons. The molecule has 0 nitrogen and oxygen atoms in total. The van der Waals surface area contributed by atoms with Crippen molar-refractivity contribution in [3.63, 3.8) is 0 Å². The first kappa shape index (κ1) is 105. The van der Waals surface area contributed by atoms with Crippen LogP contribution in [0.3, 0.4) is 0 Å². The standard InChI is InChI=1S/C30H54.C22H38.C18H30.3C14H22/c1-19(2)13-25-26(14-20(3)4)28(16-22(7)8)30(18-24(11)12)29(17-23(9)10)27(25)15-21(5)6;1-15(2)9-19-13-21(11-17(5)6)22(12-18(7)8)14-20(19)10-16(3)4;1-13(2)7-16-10-17(8-14(3)4)12-18(11-16)9-15(5)6;1-11(2)9-13-5-7-14(8-6-13)10-12(3)4;1-11(2)8-13-6-5-7-14(10-13)9-12(3)4;1-11(2)9-13-7-5-6-8-14(13)10-12(3)4/h19-24H,13-18H2,1-12H3;13-18H,9-12H2,1-8H3;10-15H,7-9H2,1-6H3;5-8,11-12H,9-10H2,1-4H3;5-7,10-12H,8-9H2,1-4H3;5-8,11-12H,9-10H2,1-4H3. The number of hydrogen-bond acceptors (Lipinski definition) is 0. The Bertz CT molecular complexity index is 3000. The molecule has 0 saturated carbocycles. The molecule has 0 aromatic heterocycles. The van der Waals surface area contributed by atoms with Crippen LogP contribution >= 0.6 is 0 Å². The topological polar surface area (TPSA) is 0 Å². The van der Waals surface area contributed by atoms with E-state index in [4.69, 9.17) is 0 Å². The van der Waals surface area contributed by atoms with Gasteiger partial charge in [0.2, 0.25) is 0 Å². The lowest BCUT2D eigenvalue weighted by atomic mass is 9.74. The molecule has 112 heavy (non-hydrogen) atoms. The van der Waals surface area contributed by atoms with Gasteiger partial charge in [0.25, 0.3) is 0 Å². The summed E-state index contributed by atoms with van der Waals surface area (Å²) >= 11 is 0. The summed E-state index contributed by atoms with van der Waals surface area (Å²) in [5.74, 6) is 13.9. The molecule has 6 aromatic rings. The van der Waals surface area contributed by atoms with E-state index in [-0.39, 0.29) is 0 Å². The Morgan fingerprint density at radius 3 is 0.455 bits per heavy atom. The lowest BCUT2D eigenvalue weighted by molar-refractivity contribution is 0.556. The Labute approximate surface area is 701 Å². The van der Waals surface area contributed by atoms with Gasteiger partial charge in [0.15, 0.2) is 0 Å². The highest BCUT2D eigenvalue weighted by Gasteiger charge is 2.27. The van der Waals surface area contributed by atoms with Gasteiger partial charge in [0, 0.05) is 0 Å². The van der Waals surface area contributed by atoms with Gasteiger partial charge in [0.1, 0.15) is 0 Å². The predicted octanol–water partition coefficient (Wildman–Crippen LogP) is 32.9. The van der Waals surface area contributed by atoms with E-state index in [0.29, 0.717) is 35.5 Å². The number of benzene rings is 6. The summed E-state index contributed by atoms with van der Waals surface area (Å²) in [4.78, 5) is 0. The molecule has 6 rings (SSSR count). The fraction of sp³-hybridized carbons (Fsp3) is 0.679. The molecule has 0 N–H and O–H groups in total. The lowest BCUT2D eigenvalue weighted by Crippen LogP contribution is -2.20. The van der Waals surface area contributed by atoms with E-state index in [0.717, 1.165) is 76.9 Å². The fourth-order valence-corrected chi connectivity index (χ4v) is 16.4. The average Bonchev–Trinajstić information content (AvgIpc) is 0.759. The van der Waals surface area contributed by atoms with E-state index in [1.807, 2.05) is 0 Å². The van der Waals surface area contributed by atoms with Gasteiger partial charge < -0.3 is 0 Å². The highest BCUT2D eigenvalue weighted by Crippen LogP contribution is 2.38. The van der Waals surface area contributed by atoms with E-state index >= 15 is 0 Å². The minimum Gasteiger partial charge on any atom is -0.0625 e. The molecule has 0 aliphatic carbocycles. The molecule has 0 heteroatoms. The molecule has 0 fully saturated rings. The maximum absolute atomic E-state index is 2.55. The lowest BCUT2D eigenvalue weighted by Gasteiger charge is -2.31. The molecule has 6 aromatic carbocycles. The van der Waals surface area contributed by atoms with Crippen LogP contribution in [0.2, 0.25) is 0 Å². The molecule has 0 unspecified atom stereocenters. The van der Waals surface area contributed by atoms with Gasteiger partial charge in [-0.15, -0.1) is 0 Å². The van der Waals surface area contributed by atoms with Crippen LogP contribution in [0.15, 0.2) is 103 Å². The van der Waals surface area contributed by atoms with E-state index in [1.54, 1.807) is 55.6 Å². The molecule has 0 aliphatic rings. The third kappa shape index (κ3) is 48.1. The maximum Gasteiger partial charge on any atom is -0.0250 e. The molecular formula is C112H188. The van der Waals surface area contributed by atoms with Crippen molar-refractivity contribution in [2.75, 3.05) is 0 Å². The number of rotatable bonds is 38. The monoisotopic (exact) mass is 1530 g/mol. The third-order valence-electron chi connectivity index (χ3n) is 19.9. The largest absolute Gasteiger partial charge is 0.0625 e. The Hall–Kier alpha value is -4.68. The quantitative estimate of drug-likeness (QED) is 0.0362. The van der Waals surface area contributed by atoms with Gasteiger partial charge in [-0.2, -0.15) is 0 Å². The molecule has 0 radical (unpaired) electrons. The first-order valence-corrected chi connectivity index (χ1v) is 46.8. The SMILES string of the molecule is CC(C)Cc1c(CC(C)C)c(CC(C)C)c(CC(C)C)c(CC(C)C)c1CC(C)C.CC(C)Cc1cc(CC(C)C)c(CC(C)C)cc1CC(C)C.CC(C)Cc1cc(CC(C)C)cc(CC(C)C)c1.CC(C)Cc1ccc(CC(C)C)cc1.CC(C)Cc1cccc(CC(C)C)c1.CC(C)Cc1ccccc1CC(C)C. The smallest absolute Gasteiger partial charge is 0.0250 e. The normalized spacial score (nSPS) is 11.9. The van der Waals surface area contributed by atoms with Crippen molar-refractivity contribution in [2.45, 2.75) is 385 Å². The van der Waals surface area contributed by atoms with Crippen molar-refractivity contribution >= 4 is 0 Å². The second-order valence-electron chi connectivity index (χ2n) is 43.2. The van der Waals surface area contributed by atoms with Crippen LogP contribution in [0.5, 0.6) is 0 Å². The van der Waals surface area contributed by atoms with Crippen molar-refractivity contribution in [1.29, 1.82) is 0 Å². The first-order chi connectivity index (χ1) is 52.1. The zero-order valence-corrected chi connectivity index (χ0v) is 81.7. The Balaban J connectivity index is 0.000000689. The molecule has 0 bridgehead atoms. The minimum absolute atomic E-state index is 0.705. The third-order valence-corrected chi connectivity index (χ3v) is 19.9. The molecule has 0 atom stereocenters. The van der Waals surface area contributed by atoms with Crippen molar-refractivity contribution in [3.8, 4) is 0 Å². The van der Waals surface area contributed by atoms with Crippen molar-refractivity contribution < 1.29 is 0 Å². The molecule has 0 aliphatic heterocycles. The van der Waals surface area contributed by atoms with Crippen LogP contribution in [0, 0.1) is 112 Å². The first-order valence-electron chi connectivity index (χ1n) is 46.8. The van der Waals surface area contributed by atoms with Crippen LogP contribution in [0.4, 0.5) is 0 Å². The van der Waals surface area contributed by atoms with Gasteiger partial charge in [-0.1, -0.05) is 366 Å². The zero-order chi connectivity index (χ0) is 85.4. The Morgan fingerprint density at radius 2 is 0.277 bits per heavy atom. The molecule has 0 saturated heterocycles. The summed E-state index contributed by atoms with van der Waals surface area (Å²) < 4.78 is 0. The Morgan fingerprint density at radius 1 is 0.125 bits per heavy atom. The van der Waals surface area contributed by atoms with Gasteiger partial charge >= 0.3 is 0 Å². The number of hydrogen-bond donors (Lipinski definition) is 0. The molecular weight excluding hydrogens is 1350 g/mol. The van der Waals surface area contributed by atoms with Crippen LogP contribution < -0.4 is 0 Å². The van der Waals surface area contributed by atoms with Crippen molar-refractivity contribution in [1.82, 2.24) is 0 Å². The zero-order valence-electron chi connectivity index (χ0n) is 81.7. The minimum atomic E-state index is 0.705. The molecule has 0 spiro atoms. The summed E-state index contributed by atoms with van der Waals surface area (Å²) in [6.45, 7) is 88.7. The molecule has 0 heterocycles. The van der Waals surface area contributed by atoms with E-state index in [1.165, 1.54) is 172 Å². The van der Waals surface area contributed by atoms with Crippen LogP contribution in [0.25, 0.3) is 0 Å². The predicted molar refractivity (Wildman–Crippen MR) is 511 cm³/mol. The van der Waals surface area contributed by atoms with Gasteiger partial charge in [0.05, 0.1) is 0 Å². The van der Waals surface area contributed by atoms with E-state index < -0.39 is 0 Å². The van der Waals surface area contributed by atoms with Crippen LogP contribution in [-0.2, 0) is 122 Å². The van der Waals surface area contributed by atoms with E-state index in [9.17, 15) is 0 Å². The van der Waals surface area contributed by atoms with Gasteiger partial charge in [-0.3, -0.25) is 0 Å². The summed E-state index contributed by atoms with van der Waals surface area (Å²) in [6.07, 6.45) is 23.1. The fourth-order valence-electron chi connectivity index (χ4n) is 16.4.